The Morgan fingerprint density at radius 3 is 2.93 bits per heavy atom. The molecule has 1 N–H and O–H groups in total. The standard InChI is InChI=1S/C22H25N5O2/c23-12-15-5-6-21-16(9-15)10-17(14-29-21)24-22(28)20-11-19-13-26(7-8-27(19)25-20)18-3-1-2-4-18/h5-6,9,11,17-18H,1-4,7-8,10,13-14H2,(H,24,28)/t17-/m1/s1. The van der Waals surface area contributed by atoms with Gasteiger partial charge in [-0.3, -0.25) is 14.4 Å². The van der Waals surface area contributed by atoms with E-state index in [1.54, 1.807) is 6.07 Å². The summed E-state index contributed by atoms with van der Waals surface area (Å²) in [4.78, 5) is 15.3. The summed E-state index contributed by atoms with van der Waals surface area (Å²) in [5, 5.41) is 16.7. The average molecular weight is 391 g/mol. The van der Waals surface area contributed by atoms with Crippen LogP contribution in [0.1, 0.15) is 53.0 Å². The minimum absolute atomic E-state index is 0.127. The monoisotopic (exact) mass is 391 g/mol. The molecule has 2 aromatic rings. The Bertz CT molecular complexity index is 970. The third-order valence-electron chi connectivity index (χ3n) is 6.33. The number of fused-ring (bicyclic) bond motifs is 2. The van der Waals surface area contributed by atoms with Crippen molar-refractivity contribution in [1.82, 2.24) is 20.0 Å². The number of carbonyl (C=O) groups excluding carboxylic acids is 1. The number of ether oxygens (including phenoxy) is 1. The fourth-order valence-electron chi connectivity index (χ4n) is 4.79. The first kappa shape index (κ1) is 18.2. The largest absolute Gasteiger partial charge is 0.491 e. The van der Waals surface area contributed by atoms with Gasteiger partial charge in [0.2, 0.25) is 0 Å². The summed E-state index contributed by atoms with van der Waals surface area (Å²) in [7, 11) is 0. The molecule has 0 saturated heterocycles. The predicted molar refractivity (Wildman–Crippen MR) is 107 cm³/mol. The van der Waals surface area contributed by atoms with E-state index >= 15 is 0 Å². The first-order valence-electron chi connectivity index (χ1n) is 10.5. The van der Waals surface area contributed by atoms with Crippen molar-refractivity contribution in [3.05, 3.63) is 46.8 Å². The van der Waals surface area contributed by atoms with Crippen LogP contribution in [0, 0.1) is 11.3 Å². The van der Waals surface area contributed by atoms with E-state index in [0.29, 0.717) is 30.3 Å². The molecule has 1 saturated carbocycles. The van der Waals surface area contributed by atoms with E-state index in [0.717, 1.165) is 36.6 Å². The molecule has 1 fully saturated rings. The molecule has 7 nitrogen and oxygen atoms in total. The van der Waals surface area contributed by atoms with Crippen molar-refractivity contribution in [3.63, 3.8) is 0 Å². The van der Waals surface area contributed by atoms with E-state index in [1.165, 1.54) is 25.7 Å². The van der Waals surface area contributed by atoms with Crippen molar-refractivity contribution in [2.45, 2.75) is 57.3 Å². The number of carbonyl (C=O) groups is 1. The summed E-state index contributed by atoms with van der Waals surface area (Å²) < 4.78 is 7.75. The van der Waals surface area contributed by atoms with Gasteiger partial charge < -0.3 is 10.1 Å². The molecule has 0 unspecified atom stereocenters. The number of benzene rings is 1. The summed E-state index contributed by atoms with van der Waals surface area (Å²) in [5.41, 5.74) is 3.16. The molecule has 7 heteroatoms. The lowest BCUT2D eigenvalue weighted by atomic mass is 10.0. The minimum atomic E-state index is -0.159. The molecule has 1 atom stereocenters. The number of hydrogen-bond acceptors (Lipinski definition) is 5. The molecular formula is C22H25N5O2. The van der Waals surface area contributed by atoms with Crippen LogP contribution in [0.3, 0.4) is 0 Å². The maximum Gasteiger partial charge on any atom is 0.272 e. The second-order valence-electron chi connectivity index (χ2n) is 8.27. The van der Waals surface area contributed by atoms with Crippen LogP contribution >= 0.6 is 0 Å². The molecule has 1 aromatic carbocycles. The lowest BCUT2D eigenvalue weighted by Gasteiger charge is -2.32. The molecule has 2 aliphatic heterocycles. The molecule has 29 heavy (non-hydrogen) atoms. The van der Waals surface area contributed by atoms with E-state index in [-0.39, 0.29) is 11.9 Å². The Balaban J connectivity index is 1.25. The highest BCUT2D eigenvalue weighted by Gasteiger charge is 2.28. The van der Waals surface area contributed by atoms with Gasteiger partial charge in [-0.2, -0.15) is 10.4 Å². The lowest BCUT2D eigenvalue weighted by Crippen LogP contribution is -2.43. The summed E-state index contributed by atoms with van der Waals surface area (Å²) in [5.74, 6) is 0.631. The topological polar surface area (TPSA) is 83.2 Å². The Labute approximate surface area is 170 Å². The van der Waals surface area contributed by atoms with Gasteiger partial charge in [-0.1, -0.05) is 12.8 Å². The van der Waals surface area contributed by atoms with Crippen molar-refractivity contribution in [2.24, 2.45) is 0 Å². The molecular weight excluding hydrogens is 366 g/mol. The molecule has 5 rings (SSSR count). The second-order valence-corrected chi connectivity index (χ2v) is 8.27. The molecule has 0 bridgehead atoms. The van der Waals surface area contributed by atoms with E-state index in [9.17, 15) is 4.79 Å². The SMILES string of the molecule is N#Cc1ccc2c(c1)C[C@@H](NC(=O)c1cc3n(n1)CCN(C1CCCC1)C3)CO2. The Morgan fingerprint density at radius 1 is 1.24 bits per heavy atom. The van der Waals surface area contributed by atoms with Gasteiger partial charge >= 0.3 is 0 Å². The third kappa shape index (κ3) is 3.60. The van der Waals surface area contributed by atoms with Gasteiger partial charge in [0, 0.05) is 19.1 Å². The van der Waals surface area contributed by atoms with Gasteiger partial charge in [-0.15, -0.1) is 0 Å². The first-order chi connectivity index (χ1) is 14.2. The number of nitrogens with one attached hydrogen (secondary N) is 1. The van der Waals surface area contributed by atoms with Gasteiger partial charge in [-0.25, -0.2) is 0 Å². The Hall–Kier alpha value is -2.85. The van der Waals surface area contributed by atoms with Gasteiger partial charge in [0.25, 0.3) is 5.91 Å². The number of nitrogens with zero attached hydrogens (tertiary/aromatic N) is 4. The number of nitriles is 1. The number of hydrogen-bond donors (Lipinski definition) is 1. The summed E-state index contributed by atoms with van der Waals surface area (Å²) in [6.07, 6.45) is 5.89. The van der Waals surface area contributed by atoms with Crippen LogP contribution in [-0.2, 0) is 19.5 Å². The smallest absolute Gasteiger partial charge is 0.272 e. The van der Waals surface area contributed by atoms with Gasteiger partial charge in [0.1, 0.15) is 12.4 Å². The number of rotatable bonds is 3. The predicted octanol–water partition coefficient (Wildman–Crippen LogP) is 2.25. The lowest BCUT2D eigenvalue weighted by molar-refractivity contribution is 0.0909. The molecule has 1 amide bonds. The second kappa shape index (κ2) is 7.53. The zero-order valence-electron chi connectivity index (χ0n) is 16.4. The van der Waals surface area contributed by atoms with E-state index < -0.39 is 0 Å². The van der Waals surface area contributed by atoms with Crippen LogP contribution in [0.15, 0.2) is 24.3 Å². The summed E-state index contributed by atoms with van der Waals surface area (Å²) in [6, 6.07) is 10.1. The number of amides is 1. The van der Waals surface area contributed by atoms with Crippen LogP contribution in [-0.4, -0.2) is 45.8 Å². The normalized spacial score (nSPS) is 21.7. The quantitative estimate of drug-likeness (QED) is 0.868. The summed E-state index contributed by atoms with van der Waals surface area (Å²) in [6.45, 7) is 3.15. The highest BCUT2D eigenvalue weighted by Crippen LogP contribution is 2.28. The maximum absolute atomic E-state index is 12.8. The van der Waals surface area contributed by atoms with Gasteiger partial charge in [0.05, 0.1) is 29.9 Å². The van der Waals surface area contributed by atoms with Crippen LogP contribution in [0.4, 0.5) is 0 Å². The number of aromatic nitrogens is 2. The molecule has 1 aromatic heterocycles. The van der Waals surface area contributed by atoms with Crippen LogP contribution in [0.2, 0.25) is 0 Å². The zero-order valence-corrected chi connectivity index (χ0v) is 16.4. The molecule has 1 aliphatic carbocycles. The highest BCUT2D eigenvalue weighted by molar-refractivity contribution is 5.92. The van der Waals surface area contributed by atoms with Crippen LogP contribution in [0.5, 0.6) is 5.75 Å². The van der Waals surface area contributed by atoms with Crippen molar-refractivity contribution < 1.29 is 9.53 Å². The maximum atomic E-state index is 12.8. The Morgan fingerprint density at radius 2 is 2.10 bits per heavy atom. The van der Waals surface area contributed by atoms with Gasteiger partial charge in [0.15, 0.2) is 5.69 Å². The minimum Gasteiger partial charge on any atom is -0.491 e. The highest BCUT2D eigenvalue weighted by atomic mass is 16.5. The Kier molecular flexibility index (Phi) is 4.72. The van der Waals surface area contributed by atoms with Crippen molar-refractivity contribution in [3.8, 4) is 11.8 Å². The fourth-order valence-corrected chi connectivity index (χ4v) is 4.79. The fraction of sp³-hybridized carbons (Fsp3) is 0.500. The zero-order chi connectivity index (χ0) is 19.8. The molecule has 150 valence electrons. The van der Waals surface area contributed by atoms with E-state index in [4.69, 9.17) is 10.00 Å². The first-order valence-corrected chi connectivity index (χ1v) is 10.5. The van der Waals surface area contributed by atoms with Crippen LogP contribution in [0.25, 0.3) is 0 Å². The van der Waals surface area contributed by atoms with E-state index in [2.05, 4.69) is 21.4 Å². The summed E-state index contributed by atoms with van der Waals surface area (Å²) >= 11 is 0. The molecule has 3 aliphatic rings. The third-order valence-corrected chi connectivity index (χ3v) is 6.33. The van der Waals surface area contributed by atoms with E-state index in [1.807, 2.05) is 22.9 Å². The van der Waals surface area contributed by atoms with Gasteiger partial charge in [-0.05, 0) is 49.1 Å². The molecule has 3 heterocycles. The van der Waals surface area contributed by atoms with Crippen molar-refractivity contribution in [2.75, 3.05) is 13.2 Å². The van der Waals surface area contributed by atoms with Crippen LogP contribution < -0.4 is 10.1 Å². The average Bonchev–Trinajstić information content (AvgIpc) is 3.42. The molecule has 0 spiro atoms. The molecule has 0 radical (unpaired) electrons. The van der Waals surface area contributed by atoms with Crippen molar-refractivity contribution in [1.29, 1.82) is 5.26 Å². The van der Waals surface area contributed by atoms with Crippen molar-refractivity contribution >= 4 is 5.91 Å².